The maximum atomic E-state index is 14.7. The van der Waals surface area contributed by atoms with Crippen molar-refractivity contribution in [1.29, 1.82) is 0 Å². The second-order valence-corrected chi connectivity index (χ2v) is 5.39. The van der Waals surface area contributed by atoms with Crippen LogP contribution in [0, 0.1) is 5.82 Å². The van der Waals surface area contributed by atoms with Crippen molar-refractivity contribution in [2.24, 2.45) is 0 Å². The molecule has 0 bridgehead atoms. The molecule has 120 valence electrons. The fourth-order valence-corrected chi connectivity index (χ4v) is 2.78. The number of halogens is 1. The minimum Gasteiger partial charge on any atom is -0.493 e. The van der Waals surface area contributed by atoms with E-state index in [0.29, 0.717) is 29.8 Å². The summed E-state index contributed by atoms with van der Waals surface area (Å²) in [6.07, 6.45) is 3.83. The Kier molecular flexibility index (Phi) is 4.50. The average molecular weight is 317 g/mol. The molecule has 0 spiro atoms. The monoisotopic (exact) mass is 317 g/mol. The van der Waals surface area contributed by atoms with Crippen LogP contribution < -0.4 is 9.47 Å². The van der Waals surface area contributed by atoms with E-state index < -0.39 is 12.9 Å². The molecule has 7 heteroatoms. The van der Waals surface area contributed by atoms with Gasteiger partial charge in [-0.25, -0.2) is 4.39 Å². The van der Waals surface area contributed by atoms with E-state index in [1.807, 2.05) is 6.07 Å². The molecule has 1 aliphatic rings. The zero-order valence-electron chi connectivity index (χ0n) is 13.0. The number of aromatic nitrogens is 1. The third-order valence-electron chi connectivity index (χ3n) is 4.00. The van der Waals surface area contributed by atoms with E-state index in [9.17, 15) is 9.41 Å². The second kappa shape index (κ2) is 6.56. The van der Waals surface area contributed by atoms with Gasteiger partial charge in [0, 0.05) is 36.0 Å². The molecular formula is C16H17BFNO4. The molecule has 1 N–H and O–H groups in total. The van der Waals surface area contributed by atoms with Crippen LogP contribution in [0.25, 0.3) is 11.1 Å². The first-order valence-electron chi connectivity index (χ1n) is 7.29. The van der Waals surface area contributed by atoms with Crippen molar-refractivity contribution in [2.75, 3.05) is 20.8 Å². The zero-order chi connectivity index (χ0) is 16.4. The van der Waals surface area contributed by atoms with E-state index in [-0.39, 0.29) is 11.7 Å². The van der Waals surface area contributed by atoms with Crippen LogP contribution >= 0.6 is 0 Å². The summed E-state index contributed by atoms with van der Waals surface area (Å²) in [5.41, 5.74) is 1.94. The number of rotatable bonds is 4. The predicted octanol–water partition coefficient (Wildman–Crippen LogP) is 2.50. The average Bonchev–Trinajstić information content (AvgIpc) is 3.01. The smallest absolute Gasteiger partial charge is 0.454 e. The summed E-state index contributed by atoms with van der Waals surface area (Å²) < 4.78 is 30.1. The Morgan fingerprint density at radius 1 is 1.30 bits per heavy atom. The van der Waals surface area contributed by atoms with Gasteiger partial charge in [-0.2, -0.15) is 0 Å². The lowest BCUT2D eigenvalue weighted by Gasteiger charge is -2.13. The van der Waals surface area contributed by atoms with Crippen LogP contribution in [0.1, 0.15) is 11.5 Å². The van der Waals surface area contributed by atoms with Crippen molar-refractivity contribution in [1.82, 2.24) is 4.98 Å². The van der Waals surface area contributed by atoms with Crippen LogP contribution in [-0.4, -0.2) is 38.0 Å². The molecule has 0 aliphatic carbocycles. The van der Waals surface area contributed by atoms with Gasteiger partial charge in [-0.1, -0.05) is 0 Å². The number of methoxy groups -OCH3 is 2. The SMILES string of the molecule is COc1ccc(-c2cncc([C@H]3COB(O)C3)c2)c(F)c1OC. The summed E-state index contributed by atoms with van der Waals surface area (Å²) in [6, 6.07) is 5.16. The summed E-state index contributed by atoms with van der Waals surface area (Å²) >= 11 is 0. The normalized spacial score (nSPS) is 17.4. The Morgan fingerprint density at radius 3 is 2.78 bits per heavy atom. The van der Waals surface area contributed by atoms with E-state index in [2.05, 4.69) is 4.98 Å². The van der Waals surface area contributed by atoms with E-state index in [4.69, 9.17) is 14.1 Å². The van der Waals surface area contributed by atoms with E-state index >= 15 is 0 Å². The third kappa shape index (κ3) is 3.02. The Balaban J connectivity index is 1.99. The molecule has 1 saturated heterocycles. The maximum Gasteiger partial charge on any atom is 0.454 e. The Morgan fingerprint density at radius 2 is 2.13 bits per heavy atom. The van der Waals surface area contributed by atoms with E-state index in [1.165, 1.54) is 14.2 Å². The highest BCUT2D eigenvalue weighted by molar-refractivity contribution is 6.43. The lowest BCUT2D eigenvalue weighted by atomic mass is 9.80. The van der Waals surface area contributed by atoms with Crippen LogP contribution in [0.15, 0.2) is 30.6 Å². The van der Waals surface area contributed by atoms with Gasteiger partial charge in [-0.15, -0.1) is 0 Å². The Labute approximate surface area is 134 Å². The fraction of sp³-hybridized carbons (Fsp3) is 0.312. The minimum absolute atomic E-state index is 0.0562. The van der Waals surface area contributed by atoms with Crippen molar-refractivity contribution >= 4 is 7.12 Å². The highest BCUT2D eigenvalue weighted by Crippen LogP contribution is 2.37. The van der Waals surface area contributed by atoms with Crippen LogP contribution in [0.4, 0.5) is 4.39 Å². The molecule has 1 aromatic heterocycles. The van der Waals surface area contributed by atoms with Crippen molar-refractivity contribution in [3.05, 3.63) is 42.0 Å². The fourth-order valence-electron chi connectivity index (χ4n) is 2.78. The van der Waals surface area contributed by atoms with Crippen molar-refractivity contribution in [2.45, 2.75) is 12.2 Å². The summed E-state index contributed by atoms with van der Waals surface area (Å²) in [5.74, 6) is -0.0330. The van der Waals surface area contributed by atoms with Crippen LogP contribution in [0.2, 0.25) is 6.32 Å². The topological polar surface area (TPSA) is 60.8 Å². The summed E-state index contributed by atoms with van der Waals surface area (Å²) in [4.78, 5) is 4.19. The molecule has 5 nitrogen and oxygen atoms in total. The number of nitrogens with zero attached hydrogens (tertiary/aromatic N) is 1. The lowest BCUT2D eigenvalue weighted by molar-refractivity contribution is 0.292. The molecule has 1 atom stereocenters. The van der Waals surface area contributed by atoms with E-state index in [1.54, 1.807) is 24.5 Å². The van der Waals surface area contributed by atoms with Crippen molar-refractivity contribution < 1.29 is 23.5 Å². The highest BCUT2D eigenvalue weighted by Gasteiger charge is 2.30. The number of benzene rings is 1. The lowest BCUT2D eigenvalue weighted by Crippen LogP contribution is -2.07. The molecule has 0 radical (unpaired) electrons. The van der Waals surface area contributed by atoms with E-state index in [0.717, 1.165) is 5.56 Å². The predicted molar refractivity (Wildman–Crippen MR) is 84.2 cm³/mol. The molecule has 0 saturated carbocycles. The minimum atomic E-state index is -0.749. The van der Waals surface area contributed by atoms with Gasteiger partial charge in [0.1, 0.15) is 0 Å². The van der Waals surface area contributed by atoms with Crippen molar-refractivity contribution in [3.8, 4) is 22.6 Å². The van der Waals surface area contributed by atoms with Gasteiger partial charge in [0.15, 0.2) is 17.3 Å². The number of hydrogen-bond donors (Lipinski definition) is 1. The van der Waals surface area contributed by atoms with Crippen LogP contribution in [0.5, 0.6) is 11.5 Å². The highest BCUT2D eigenvalue weighted by atomic mass is 19.1. The number of ether oxygens (including phenoxy) is 2. The molecular weight excluding hydrogens is 300 g/mol. The van der Waals surface area contributed by atoms with Gasteiger partial charge in [-0.3, -0.25) is 4.98 Å². The van der Waals surface area contributed by atoms with Gasteiger partial charge in [0.2, 0.25) is 0 Å². The summed E-state index contributed by atoms with van der Waals surface area (Å²) in [7, 11) is 2.11. The first-order valence-corrected chi connectivity index (χ1v) is 7.29. The largest absolute Gasteiger partial charge is 0.493 e. The molecule has 3 rings (SSSR count). The molecule has 23 heavy (non-hydrogen) atoms. The first kappa shape index (κ1) is 15.8. The Bertz CT molecular complexity index is 712. The zero-order valence-corrected chi connectivity index (χ0v) is 13.0. The molecule has 2 aromatic rings. The summed E-state index contributed by atoms with van der Waals surface area (Å²) in [5, 5.41) is 9.48. The van der Waals surface area contributed by atoms with Gasteiger partial charge >= 0.3 is 7.12 Å². The van der Waals surface area contributed by atoms with Gasteiger partial charge < -0.3 is 19.2 Å². The Hall–Kier alpha value is -2.12. The molecule has 0 unspecified atom stereocenters. The maximum absolute atomic E-state index is 14.7. The van der Waals surface area contributed by atoms with Gasteiger partial charge in [0.25, 0.3) is 0 Å². The molecule has 1 aliphatic heterocycles. The third-order valence-corrected chi connectivity index (χ3v) is 4.00. The first-order chi connectivity index (χ1) is 11.1. The molecule has 1 aromatic carbocycles. The van der Waals surface area contributed by atoms with Crippen LogP contribution in [0.3, 0.4) is 0 Å². The second-order valence-electron chi connectivity index (χ2n) is 5.39. The van der Waals surface area contributed by atoms with Crippen molar-refractivity contribution in [3.63, 3.8) is 0 Å². The number of hydrogen-bond acceptors (Lipinski definition) is 5. The standard InChI is InChI=1S/C16H17BFNO4/c1-21-14-4-3-13(15(18)16(14)22-2)11-5-10(7-19-8-11)12-6-17(20)23-9-12/h3-5,7-8,12,20H,6,9H2,1-2H3/t12-/m1/s1. The van der Waals surface area contributed by atoms with Gasteiger partial charge in [-0.05, 0) is 30.1 Å². The van der Waals surface area contributed by atoms with Gasteiger partial charge in [0.05, 0.1) is 14.2 Å². The number of pyridine rings is 1. The molecule has 1 fully saturated rings. The molecule has 2 heterocycles. The summed E-state index contributed by atoms with van der Waals surface area (Å²) in [6.45, 7) is 0.431. The van der Waals surface area contributed by atoms with Crippen LogP contribution in [-0.2, 0) is 4.65 Å². The molecule has 0 amide bonds. The quantitative estimate of drug-likeness (QED) is 0.878.